The lowest BCUT2D eigenvalue weighted by molar-refractivity contribution is -0.555. The average Bonchev–Trinajstić information content (AvgIpc) is 2.39. The Kier molecular flexibility index (Phi) is 3.27. The molecule has 2 rings (SSSR count). The van der Waals surface area contributed by atoms with Crippen LogP contribution in [0.25, 0.3) is 5.57 Å². The SMILES string of the molecule is C=C(c1ccccc1)C1([N+](=O)[O-])CCCCC1. The third-order valence-corrected chi connectivity index (χ3v) is 3.71. The van der Waals surface area contributed by atoms with Gasteiger partial charge in [0.1, 0.15) is 0 Å². The van der Waals surface area contributed by atoms with E-state index in [0.29, 0.717) is 18.4 Å². The summed E-state index contributed by atoms with van der Waals surface area (Å²) in [6, 6.07) is 9.52. The highest BCUT2D eigenvalue weighted by Crippen LogP contribution is 2.40. The average molecular weight is 231 g/mol. The van der Waals surface area contributed by atoms with Crippen LogP contribution >= 0.6 is 0 Å². The van der Waals surface area contributed by atoms with Crippen molar-refractivity contribution in [2.45, 2.75) is 37.6 Å². The maximum Gasteiger partial charge on any atom is 0.247 e. The van der Waals surface area contributed by atoms with Gasteiger partial charge in [-0.25, -0.2) is 0 Å². The van der Waals surface area contributed by atoms with Crippen molar-refractivity contribution < 1.29 is 4.92 Å². The molecule has 0 bridgehead atoms. The molecule has 0 N–H and O–H groups in total. The van der Waals surface area contributed by atoms with Crippen molar-refractivity contribution in [2.75, 3.05) is 0 Å². The Bertz CT molecular complexity index is 419. The van der Waals surface area contributed by atoms with Crippen LogP contribution in [0.3, 0.4) is 0 Å². The molecule has 3 heteroatoms. The summed E-state index contributed by atoms with van der Waals surface area (Å²) < 4.78 is 0. The Labute approximate surface area is 101 Å². The summed E-state index contributed by atoms with van der Waals surface area (Å²) in [4.78, 5) is 11.3. The van der Waals surface area contributed by atoms with Crippen LogP contribution in [0.15, 0.2) is 36.9 Å². The Morgan fingerprint density at radius 3 is 2.29 bits per heavy atom. The summed E-state index contributed by atoms with van der Waals surface area (Å²) in [5.74, 6) is 0. The van der Waals surface area contributed by atoms with Crippen molar-refractivity contribution in [3.05, 3.63) is 52.6 Å². The molecule has 0 radical (unpaired) electrons. The van der Waals surface area contributed by atoms with Gasteiger partial charge in [0, 0.05) is 23.3 Å². The predicted octanol–water partition coefficient (Wildman–Crippen LogP) is 3.68. The number of nitrogens with zero attached hydrogens (tertiary/aromatic N) is 1. The Morgan fingerprint density at radius 2 is 1.76 bits per heavy atom. The number of hydrogen-bond donors (Lipinski definition) is 0. The molecule has 0 heterocycles. The van der Waals surface area contributed by atoms with Crippen molar-refractivity contribution in [1.29, 1.82) is 0 Å². The normalized spacial score (nSPS) is 18.6. The van der Waals surface area contributed by atoms with Crippen molar-refractivity contribution >= 4 is 5.57 Å². The first-order valence-corrected chi connectivity index (χ1v) is 6.06. The minimum atomic E-state index is -0.931. The van der Waals surface area contributed by atoms with E-state index in [1.807, 2.05) is 30.3 Å². The third-order valence-electron chi connectivity index (χ3n) is 3.71. The summed E-state index contributed by atoms with van der Waals surface area (Å²) in [6.45, 7) is 4.00. The number of benzene rings is 1. The first kappa shape index (κ1) is 11.8. The van der Waals surface area contributed by atoms with E-state index in [4.69, 9.17) is 0 Å². The molecule has 0 saturated heterocycles. The Morgan fingerprint density at radius 1 is 1.18 bits per heavy atom. The van der Waals surface area contributed by atoms with Gasteiger partial charge in [-0.2, -0.15) is 0 Å². The van der Waals surface area contributed by atoms with Crippen LogP contribution < -0.4 is 0 Å². The predicted molar refractivity (Wildman–Crippen MR) is 68.3 cm³/mol. The largest absolute Gasteiger partial charge is 0.264 e. The Hall–Kier alpha value is -1.64. The quantitative estimate of drug-likeness (QED) is 0.588. The zero-order valence-electron chi connectivity index (χ0n) is 9.89. The highest BCUT2D eigenvalue weighted by atomic mass is 16.6. The molecule has 17 heavy (non-hydrogen) atoms. The van der Waals surface area contributed by atoms with Crippen LogP contribution in [0.5, 0.6) is 0 Å². The van der Waals surface area contributed by atoms with E-state index in [0.717, 1.165) is 24.8 Å². The molecule has 0 aromatic heterocycles. The minimum Gasteiger partial charge on any atom is -0.264 e. The third kappa shape index (κ3) is 2.09. The highest BCUT2D eigenvalue weighted by Gasteiger charge is 2.46. The van der Waals surface area contributed by atoms with Gasteiger partial charge in [0.2, 0.25) is 5.54 Å². The maximum atomic E-state index is 11.4. The first-order chi connectivity index (χ1) is 8.17. The fraction of sp³-hybridized carbons (Fsp3) is 0.429. The summed E-state index contributed by atoms with van der Waals surface area (Å²) in [5, 5.41) is 11.4. The van der Waals surface area contributed by atoms with Crippen LogP contribution in [-0.2, 0) is 0 Å². The van der Waals surface area contributed by atoms with Gasteiger partial charge in [0.25, 0.3) is 0 Å². The monoisotopic (exact) mass is 231 g/mol. The standard InChI is InChI=1S/C14H17NO2/c1-12(13-8-4-2-5-9-13)14(15(16)17)10-6-3-7-11-14/h2,4-5,8-9H,1,3,6-7,10-11H2. The molecule has 0 amide bonds. The molecule has 1 aliphatic carbocycles. The van der Waals surface area contributed by atoms with Crippen molar-refractivity contribution in [3.63, 3.8) is 0 Å². The molecule has 1 aliphatic rings. The van der Waals surface area contributed by atoms with Crippen molar-refractivity contribution in [2.24, 2.45) is 0 Å². The second kappa shape index (κ2) is 4.70. The van der Waals surface area contributed by atoms with E-state index in [9.17, 15) is 10.1 Å². The van der Waals surface area contributed by atoms with Gasteiger partial charge in [-0.15, -0.1) is 0 Å². The molecule has 3 nitrogen and oxygen atoms in total. The van der Waals surface area contributed by atoms with Crippen LogP contribution in [-0.4, -0.2) is 10.5 Å². The number of nitro groups is 1. The molecular formula is C14H17NO2. The second-order valence-electron chi connectivity index (χ2n) is 4.69. The van der Waals surface area contributed by atoms with E-state index >= 15 is 0 Å². The summed E-state index contributed by atoms with van der Waals surface area (Å²) in [7, 11) is 0. The second-order valence-corrected chi connectivity index (χ2v) is 4.69. The summed E-state index contributed by atoms with van der Waals surface area (Å²) in [5.41, 5.74) is 0.633. The van der Waals surface area contributed by atoms with Crippen LogP contribution in [0.2, 0.25) is 0 Å². The molecule has 1 aromatic rings. The fourth-order valence-electron chi connectivity index (χ4n) is 2.64. The van der Waals surface area contributed by atoms with E-state index in [1.165, 1.54) is 0 Å². The van der Waals surface area contributed by atoms with E-state index < -0.39 is 5.54 Å². The van der Waals surface area contributed by atoms with Crippen molar-refractivity contribution in [3.8, 4) is 0 Å². The first-order valence-electron chi connectivity index (χ1n) is 6.06. The van der Waals surface area contributed by atoms with Gasteiger partial charge < -0.3 is 0 Å². The number of rotatable bonds is 3. The van der Waals surface area contributed by atoms with Gasteiger partial charge in [-0.05, 0) is 18.4 Å². The van der Waals surface area contributed by atoms with Crippen LogP contribution in [0.1, 0.15) is 37.7 Å². The Balaban J connectivity index is 2.34. The molecular weight excluding hydrogens is 214 g/mol. The summed E-state index contributed by atoms with van der Waals surface area (Å²) >= 11 is 0. The van der Waals surface area contributed by atoms with Crippen LogP contribution in [0, 0.1) is 10.1 Å². The molecule has 1 aromatic carbocycles. The van der Waals surface area contributed by atoms with Crippen molar-refractivity contribution in [1.82, 2.24) is 0 Å². The smallest absolute Gasteiger partial charge is 0.247 e. The molecule has 0 atom stereocenters. The molecule has 90 valence electrons. The lowest BCUT2D eigenvalue weighted by Gasteiger charge is -2.30. The highest BCUT2D eigenvalue weighted by molar-refractivity contribution is 5.70. The maximum absolute atomic E-state index is 11.4. The lowest BCUT2D eigenvalue weighted by Crippen LogP contribution is -2.41. The number of hydrogen-bond acceptors (Lipinski definition) is 2. The summed E-state index contributed by atoms with van der Waals surface area (Å²) in [6.07, 6.45) is 4.18. The molecule has 0 aliphatic heterocycles. The van der Waals surface area contributed by atoms with Crippen LogP contribution in [0.4, 0.5) is 0 Å². The van der Waals surface area contributed by atoms with Gasteiger partial charge in [0.05, 0.1) is 0 Å². The molecule has 1 fully saturated rings. The zero-order valence-corrected chi connectivity index (χ0v) is 9.89. The van der Waals surface area contributed by atoms with E-state index in [-0.39, 0.29) is 4.92 Å². The fourth-order valence-corrected chi connectivity index (χ4v) is 2.64. The van der Waals surface area contributed by atoms with Gasteiger partial charge in [-0.1, -0.05) is 43.3 Å². The van der Waals surface area contributed by atoms with Gasteiger partial charge >= 0.3 is 0 Å². The lowest BCUT2D eigenvalue weighted by atomic mass is 9.75. The molecule has 1 saturated carbocycles. The molecule has 0 unspecified atom stereocenters. The zero-order chi connectivity index (χ0) is 12.3. The topological polar surface area (TPSA) is 43.1 Å². The van der Waals surface area contributed by atoms with E-state index in [1.54, 1.807) is 0 Å². The van der Waals surface area contributed by atoms with Gasteiger partial charge in [-0.3, -0.25) is 10.1 Å². The van der Waals surface area contributed by atoms with Gasteiger partial charge in [0.15, 0.2) is 0 Å². The minimum absolute atomic E-state index is 0.124. The molecule has 0 spiro atoms. The van der Waals surface area contributed by atoms with E-state index in [2.05, 4.69) is 6.58 Å².